The van der Waals surface area contributed by atoms with Crippen LogP contribution in [-0.4, -0.2) is 26.8 Å². The molecule has 1 aliphatic heterocycles. The van der Waals surface area contributed by atoms with Gasteiger partial charge in [-0.3, -0.25) is 9.59 Å². The third-order valence-electron chi connectivity index (χ3n) is 6.06. The van der Waals surface area contributed by atoms with E-state index >= 15 is 0 Å². The monoisotopic (exact) mass is 471 g/mol. The van der Waals surface area contributed by atoms with E-state index in [2.05, 4.69) is 29.2 Å². The van der Waals surface area contributed by atoms with E-state index in [9.17, 15) is 18.0 Å². The van der Waals surface area contributed by atoms with Crippen LogP contribution in [0, 0.1) is 5.92 Å². The summed E-state index contributed by atoms with van der Waals surface area (Å²) in [6, 6.07) is 12.4. The van der Waals surface area contributed by atoms with Crippen molar-refractivity contribution < 1.29 is 18.0 Å². The maximum atomic E-state index is 13.2. The minimum Gasteiger partial charge on any atom is -0.354 e. The van der Waals surface area contributed by atoms with E-state index in [1.54, 1.807) is 36.4 Å². The van der Waals surface area contributed by atoms with E-state index in [0.29, 0.717) is 36.6 Å². The molecule has 0 unspecified atom stereocenters. The fourth-order valence-corrected chi connectivity index (χ4v) is 5.19. The van der Waals surface area contributed by atoms with Crippen molar-refractivity contribution >= 4 is 27.5 Å². The number of carbonyl (C=O) groups excluding carboxylic acids is 2. The van der Waals surface area contributed by atoms with Gasteiger partial charge in [-0.2, -0.15) is 4.72 Å². The van der Waals surface area contributed by atoms with Crippen molar-refractivity contribution in [1.29, 1.82) is 0 Å². The summed E-state index contributed by atoms with van der Waals surface area (Å²) in [6.45, 7) is 4.75. The van der Waals surface area contributed by atoms with E-state index in [0.717, 1.165) is 31.2 Å². The molecule has 0 fully saturated rings. The lowest BCUT2D eigenvalue weighted by atomic mass is 9.99. The van der Waals surface area contributed by atoms with Gasteiger partial charge in [-0.1, -0.05) is 63.4 Å². The third-order valence-corrected chi connectivity index (χ3v) is 7.48. The Balaban J connectivity index is 1.80. The average Bonchev–Trinajstić information content (AvgIpc) is 2.82. The lowest BCUT2D eigenvalue weighted by molar-refractivity contribution is -0.123. The minimum atomic E-state index is -3.98. The van der Waals surface area contributed by atoms with Gasteiger partial charge in [0.2, 0.25) is 21.8 Å². The quantitative estimate of drug-likeness (QED) is 0.462. The first-order valence-corrected chi connectivity index (χ1v) is 13.1. The molecule has 0 radical (unpaired) electrons. The summed E-state index contributed by atoms with van der Waals surface area (Å²) in [5, 5.41) is 5.71. The Bertz CT molecular complexity index is 1070. The van der Waals surface area contributed by atoms with Crippen molar-refractivity contribution in [3.63, 3.8) is 0 Å². The van der Waals surface area contributed by atoms with Gasteiger partial charge in [0.15, 0.2) is 0 Å². The third kappa shape index (κ3) is 6.65. The van der Waals surface area contributed by atoms with Crippen LogP contribution in [0.2, 0.25) is 0 Å². The number of sulfonamides is 1. The van der Waals surface area contributed by atoms with Crippen molar-refractivity contribution in [2.75, 3.05) is 11.9 Å². The molecule has 33 heavy (non-hydrogen) atoms. The molecule has 2 amide bonds. The first kappa shape index (κ1) is 24.9. The largest absolute Gasteiger partial charge is 0.354 e. The highest BCUT2D eigenvalue weighted by Crippen LogP contribution is 2.26. The molecule has 2 aromatic carbocycles. The molecular weight excluding hydrogens is 438 g/mol. The second-order valence-corrected chi connectivity index (χ2v) is 10.2. The molecule has 0 spiro atoms. The second-order valence-electron chi connectivity index (χ2n) is 8.49. The van der Waals surface area contributed by atoms with E-state index in [1.807, 2.05) is 6.07 Å². The van der Waals surface area contributed by atoms with E-state index in [4.69, 9.17) is 0 Å². The summed E-state index contributed by atoms with van der Waals surface area (Å²) in [6.07, 6.45) is 4.97. The average molecular weight is 472 g/mol. The number of hydrogen-bond acceptors (Lipinski definition) is 4. The number of anilines is 1. The lowest BCUT2D eigenvalue weighted by Gasteiger charge is -2.22. The smallest absolute Gasteiger partial charge is 0.242 e. The van der Waals surface area contributed by atoms with E-state index in [-0.39, 0.29) is 16.7 Å². The van der Waals surface area contributed by atoms with Crippen LogP contribution in [-0.2, 0) is 26.0 Å². The van der Waals surface area contributed by atoms with Crippen molar-refractivity contribution in [1.82, 2.24) is 10.0 Å². The lowest BCUT2D eigenvalue weighted by Crippen LogP contribution is -2.41. The molecule has 0 aliphatic carbocycles. The molecule has 1 aliphatic rings. The van der Waals surface area contributed by atoms with Gasteiger partial charge in [0, 0.05) is 18.7 Å². The summed E-state index contributed by atoms with van der Waals surface area (Å²) >= 11 is 0. The van der Waals surface area contributed by atoms with Crippen LogP contribution in [0.3, 0.4) is 0 Å². The van der Waals surface area contributed by atoms with Gasteiger partial charge in [-0.05, 0) is 48.1 Å². The molecule has 0 aromatic heterocycles. The van der Waals surface area contributed by atoms with E-state index in [1.165, 1.54) is 6.07 Å². The molecule has 3 N–H and O–H groups in total. The summed E-state index contributed by atoms with van der Waals surface area (Å²) in [4.78, 5) is 24.8. The van der Waals surface area contributed by atoms with Crippen LogP contribution in [0.5, 0.6) is 0 Å². The normalized spacial score (nSPS) is 15.3. The van der Waals surface area contributed by atoms with Crippen LogP contribution >= 0.6 is 0 Å². The molecule has 0 saturated heterocycles. The number of aryl methyl sites for hydroxylation is 1. The molecule has 0 bridgehead atoms. The van der Waals surface area contributed by atoms with Gasteiger partial charge < -0.3 is 10.6 Å². The van der Waals surface area contributed by atoms with Crippen LogP contribution in [0.1, 0.15) is 63.1 Å². The molecule has 7 nitrogen and oxygen atoms in total. The highest BCUT2D eigenvalue weighted by molar-refractivity contribution is 7.89. The zero-order valence-electron chi connectivity index (χ0n) is 19.3. The predicted octanol–water partition coefficient (Wildman–Crippen LogP) is 3.92. The molecule has 2 aromatic rings. The Hall–Kier alpha value is -2.71. The van der Waals surface area contributed by atoms with Crippen LogP contribution in [0.15, 0.2) is 53.4 Å². The molecular formula is C25H33N3O4S. The highest BCUT2D eigenvalue weighted by atomic mass is 32.2. The zero-order valence-corrected chi connectivity index (χ0v) is 20.1. The number of fused-ring (bicyclic) bond motifs is 1. The van der Waals surface area contributed by atoms with Gasteiger partial charge >= 0.3 is 0 Å². The highest BCUT2D eigenvalue weighted by Gasteiger charge is 2.28. The van der Waals surface area contributed by atoms with Crippen molar-refractivity contribution in [3.05, 3.63) is 59.7 Å². The fraction of sp³-hybridized carbons (Fsp3) is 0.440. The topological polar surface area (TPSA) is 104 Å². The standard InChI is InChI=1S/C25H33N3O4S/c1-3-5-9-18(4-2)17-26-25(30)24(19-10-7-6-8-11-19)28-33(31,32)21-13-14-22-20(16-21)12-15-23(29)27-22/h6-8,10-11,13-14,16,18,24,28H,3-5,9,12,15,17H2,1-2H3,(H,26,30)(H,27,29)/t18-,24+/m0/s1. The Morgan fingerprint density at radius 3 is 2.55 bits per heavy atom. The number of nitrogens with one attached hydrogen (secondary N) is 3. The number of rotatable bonds is 11. The predicted molar refractivity (Wildman–Crippen MR) is 129 cm³/mol. The maximum Gasteiger partial charge on any atom is 0.242 e. The van der Waals surface area contributed by atoms with Gasteiger partial charge in [-0.15, -0.1) is 0 Å². The first-order chi connectivity index (χ1) is 15.8. The Morgan fingerprint density at radius 2 is 1.85 bits per heavy atom. The zero-order chi connectivity index (χ0) is 23.8. The fourth-order valence-electron chi connectivity index (χ4n) is 3.96. The molecule has 3 rings (SSSR count). The second kappa shape index (κ2) is 11.4. The Kier molecular flexibility index (Phi) is 8.63. The molecule has 1 heterocycles. The number of amides is 2. The van der Waals surface area contributed by atoms with Crippen molar-refractivity contribution in [2.24, 2.45) is 5.92 Å². The SMILES string of the molecule is CCCC[C@H](CC)CNC(=O)[C@H](NS(=O)(=O)c1ccc2c(c1)CCC(=O)N2)c1ccccc1. The molecule has 178 valence electrons. The van der Waals surface area contributed by atoms with Gasteiger partial charge in [0.1, 0.15) is 6.04 Å². The van der Waals surface area contributed by atoms with Crippen LogP contribution in [0.25, 0.3) is 0 Å². The van der Waals surface area contributed by atoms with Crippen LogP contribution in [0.4, 0.5) is 5.69 Å². The molecule has 2 atom stereocenters. The number of carbonyl (C=O) groups is 2. The maximum absolute atomic E-state index is 13.2. The van der Waals surface area contributed by atoms with Crippen LogP contribution < -0.4 is 15.4 Å². The van der Waals surface area contributed by atoms with Crippen molar-refractivity contribution in [3.8, 4) is 0 Å². The Labute approximate surface area is 196 Å². The number of benzene rings is 2. The van der Waals surface area contributed by atoms with Gasteiger partial charge in [0.25, 0.3) is 0 Å². The first-order valence-electron chi connectivity index (χ1n) is 11.6. The molecule has 0 saturated carbocycles. The number of unbranched alkanes of at least 4 members (excludes halogenated alkanes) is 1. The van der Waals surface area contributed by atoms with Gasteiger partial charge in [-0.25, -0.2) is 8.42 Å². The van der Waals surface area contributed by atoms with E-state index < -0.39 is 16.1 Å². The summed E-state index contributed by atoms with van der Waals surface area (Å²) < 4.78 is 29.1. The van der Waals surface area contributed by atoms with Crippen molar-refractivity contribution in [2.45, 2.75) is 63.3 Å². The Morgan fingerprint density at radius 1 is 1.09 bits per heavy atom. The number of hydrogen-bond donors (Lipinski definition) is 3. The summed E-state index contributed by atoms with van der Waals surface area (Å²) in [5.74, 6) is -0.0934. The summed E-state index contributed by atoms with van der Waals surface area (Å²) in [7, 11) is -3.98. The minimum absolute atomic E-state index is 0.0699. The molecule has 8 heteroatoms. The van der Waals surface area contributed by atoms with Gasteiger partial charge in [0.05, 0.1) is 4.90 Å². The summed E-state index contributed by atoms with van der Waals surface area (Å²) in [5.41, 5.74) is 1.96.